The van der Waals surface area contributed by atoms with Gasteiger partial charge in [0.1, 0.15) is 5.82 Å². The first kappa shape index (κ1) is 24.7. The van der Waals surface area contributed by atoms with Crippen molar-refractivity contribution in [1.82, 2.24) is 14.9 Å². The molecule has 0 aliphatic carbocycles. The Morgan fingerprint density at radius 2 is 1.97 bits per heavy atom. The van der Waals surface area contributed by atoms with E-state index in [0.29, 0.717) is 12.3 Å². The molecule has 2 heterocycles. The quantitative estimate of drug-likeness (QED) is 0.344. The van der Waals surface area contributed by atoms with Crippen molar-refractivity contribution in [1.29, 1.82) is 0 Å². The summed E-state index contributed by atoms with van der Waals surface area (Å²) in [6.45, 7) is 3.65. The van der Waals surface area contributed by atoms with E-state index in [9.17, 15) is 14.3 Å². The molecule has 0 radical (unpaired) electrons. The van der Waals surface area contributed by atoms with Crippen LogP contribution in [0.2, 0.25) is 5.02 Å². The molecule has 4 rings (SSSR count). The first-order valence-corrected chi connectivity index (χ1v) is 11.9. The molecule has 10 heteroatoms. The van der Waals surface area contributed by atoms with Crippen molar-refractivity contribution in [3.8, 4) is 5.75 Å². The molecular formula is C25H27ClFN5O3. The summed E-state index contributed by atoms with van der Waals surface area (Å²) in [5, 5.41) is 12.9. The van der Waals surface area contributed by atoms with Crippen molar-refractivity contribution in [2.75, 3.05) is 36.5 Å². The lowest BCUT2D eigenvalue weighted by atomic mass is 10.1. The molecular weight excluding hydrogens is 473 g/mol. The minimum Gasteiger partial charge on any atom is -0.490 e. The fourth-order valence-electron chi connectivity index (χ4n) is 3.97. The number of nitrogens with one attached hydrogen (secondary N) is 1. The Labute approximate surface area is 208 Å². The van der Waals surface area contributed by atoms with E-state index < -0.39 is 11.9 Å². The van der Waals surface area contributed by atoms with Crippen LogP contribution in [0.15, 0.2) is 54.7 Å². The number of para-hydroxylation sites is 1. The summed E-state index contributed by atoms with van der Waals surface area (Å²) in [6.07, 6.45) is 4.78. The predicted molar refractivity (Wildman–Crippen MR) is 134 cm³/mol. The van der Waals surface area contributed by atoms with Gasteiger partial charge in [0.25, 0.3) is 0 Å². The van der Waals surface area contributed by atoms with Crippen LogP contribution in [0.25, 0.3) is 0 Å². The Kier molecular flexibility index (Phi) is 8.33. The summed E-state index contributed by atoms with van der Waals surface area (Å²) in [5.74, 6) is -0.125. The highest BCUT2D eigenvalue weighted by molar-refractivity contribution is 6.34. The number of nitrogens with zero attached hydrogens (tertiary/aromatic N) is 4. The summed E-state index contributed by atoms with van der Waals surface area (Å²) in [7, 11) is 0. The van der Waals surface area contributed by atoms with Gasteiger partial charge in [-0.05, 0) is 56.6 Å². The van der Waals surface area contributed by atoms with Gasteiger partial charge in [-0.15, -0.1) is 0 Å². The van der Waals surface area contributed by atoms with Gasteiger partial charge in [-0.25, -0.2) is 19.1 Å². The number of carboxylic acid groups (broad SMARTS) is 1. The lowest BCUT2D eigenvalue weighted by Gasteiger charge is -2.26. The van der Waals surface area contributed by atoms with Gasteiger partial charge in [-0.3, -0.25) is 0 Å². The zero-order valence-electron chi connectivity index (χ0n) is 19.2. The Bertz CT molecular complexity index is 1160. The van der Waals surface area contributed by atoms with Crippen molar-refractivity contribution in [2.45, 2.75) is 25.7 Å². The third kappa shape index (κ3) is 6.58. The Morgan fingerprint density at radius 3 is 2.71 bits per heavy atom. The van der Waals surface area contributed by atoms with Crippen molar-refractivity contribution >= 4 is 40.8 Å². The maximum absolute atomic E-state index is 14.6. The number of likely N-dealkylation sites (tertiary alicyclic amines) is 1. The normalized spacial score (nSPS) is 13.9. The predicted octanol–water partition coefficient (Wildman–Crippen LogP) is 6.08. The van der Waals surface area contributed by atoms with Crippen LogP contribution in [-0.2, 0) is 0 Å². The number of aromatic nitrogens is 2. The van der Waals surface area contributed by atoms with E-state index in [1.165, 1.54) is 37.6 Å². The monoisotopic (exact) mass is 499 g/mol. The molecule has 1 aliphatic heterocycles. The molecule has 1 amide bonds. The largest absolute Gasteiger partial charge is 0.490 e. The van der Waals surface area contributed by atoms with E-state index in [-0.39, 0.29) is 28.2 Å². The van der Waals surface area contributed by atoms with Crippen LogP contribution < -0.4 is 15.0 Å². The average molecular weight is 500 g/mol. The molecule has 0 spiro atoms. The number of rotatable bonds is 9. The molecule has 35 heavy (non-hydrogen) atoms. The minimum absolute atomic E-state index is 0.0947. The number of piperidine rings is 1. The first-order valence-electron chi connectivity index (χ1n) is 11.5. The first-order chi connectivity index (χ1) is 17.0. The van der Waals surface area contributed by atoms with Crippen LogP contribution in [0.1, 0.15) is 25.7 Å². The summed E-state index contributed by atoms with van der Waals surface area (Å²) in [5.41, 5.74) is 0.666. The van der Waals surface area contributed by atoms with E-state index >= 15 is 0 Å². The van der Waals surface area contributed by atoms with Crippen LogP contribution >= 0.6 is 11.6 Å². The molecule has 0 unspecified atom stereocenters. The highest BCUT2D eigenvalue weighted by atomic mass is 35.5. The van der Waals surface area contributed by atoms with E-state index in [1.807, 2.05) is 0 Å². The summed E-state index contributed by atoms with van der Waals surface area (Å²) >= 11 is 6.18. The Morgan fingerprint density at radius 1 is 1.17 bits per heavy atom. The molecule has 0 bridgehead atoms. The Hall–Kier alpha value is -3.43. The SMILES string of the molecule is O=C(O)N(c1ccnc(Nc2ccc(OCCCN3CCCCC3)c(F)c2)n1)c1ccccc1Cl. The number of benzene rings is 2. The van der Waals surface area contributed by atoms with Gasteiger partial charge in [0.2, 0.25) is 5.95 Å². The van der Waals surface area contributed by atoms with Crippen molar-refractivity contribution in [3.05, 3.63) is 65.6 Å². The van der Waals surface area contributed by atoms with Gasteiger partial charge < -0.3 is 20.1 Å². The fraction of sp³-hybridized carbons (Fsp3) is 0.320. The number of amides is 1. The van der Waals surface area contributed by atoms with Crippen LogP contribution in [0.3, 0.4) is 0 Å². The number of hydrogen-bond donors (Lipinski definition) is 2. The maximum Gasteiger partial charge on any atom is 0.417 e. The topological polar surface area (TPSA) is 90.8 Å². The molecule has 1 aliphatic rings. The molecule has 2 N–H and O–H groups in total. The zero-order chi connectivity index (χ0) is 24.6. The van der Waals surface area contributed by atoms with Gasteiger partial charge in [0.15, 0.2) is 11.6 Å². The molecule has 184 valence electrons. The summed E-state index contributed by atoms with van der Waals surface area (Å²) in [6, 6.07) is 12.5. The third-order valence-corrected chi connectivity index (χ3v) is 5.99. The van der Waals surface area contributed by atoms with Crippen molar-refractivity contribution < 1.29 is 19.0 Å². The molecule has 3 aromatic rings. The van der Waals surface area contributed by atoms with E-state index in [0.717, 1.165) is 31.0 Å². The number of anilines is 4. The van der Waals surface area contributed by atoms with Gasteiger partial charge in [0.05, 0.1) is 17.3 Å². The second kappa shape index (κ2) is 11.8. The van der Waals surface area contributed by atoms with Crippen LogP contribution in [0, 0.1) is 5.82 Å². The lowest BCUT2D eigenvalue weighted by molar-refractivity contribution is 0.203. The maximum atomic E-state index is 14.6. The average Bonchev–Trinajstić information content (AvgIpc) is 2.85. The van der Waals surface area contributed by atoms with Gasteiger partial charge in [-0.1, -0.05) is 30.2 Å². The number of ether oxygens (including phenoxy) is 1. The van der Waals surface area contributed by atoms with Crippen LogP contribution in [0.4, 0.5) is 32.3 Å². The van der Waals surface area contributed by atoms with Crippen LogP contribution in [-0.4, -0.2) is 52.3 Å². The highest BCUT2D eigenvalue weighted by Crippen LogP contribution is 2.31. The molecule has 1 aromatic heterocycles. The molecule has 0 saturated carbocycles. The fourth-order valence-corrected chi connectivity index (χ4v) is 4.19. The lowest BCUT2D eigenvalue weighted by Crippen LogP contribution is -2.31. The molecule has 2 aromatic carbocycles. The number of halogens is 2. The van der Waals surface area contributed by atoms with Crippen molar-refractivity contribution in [3.63, 3.8) is 0 Å². The Balaban J connectivity index is 1.39. The number of carbonyl (C=O) groups is 1. The smallest absolute Gasteiger partial charge is 0.417 e. The minimum atomic E-state index is -1.25. The van der Waals surface area contributed by atoms with Gasteiger partial charge >= 0.3 is 6.09 Å². The standard InChI is InChI=1S/C25H27ClFN5O3/c26-19-7-2-3-8-21(19)32(25(33)34)23-11-12-28-24(30-23)29-18-9-10-22(20(27)17-18)35-16-6-15-31-13-4-1-5-14-31/h2-3,7-12,17H,1,4-6,13-16H2,(H,33,34)(H,28,29,30). The van der Waals surface area contributed by atoms with Gasteiger partial charge in [0, 0.05) is 30.6 Å². The van der Waals surface area contributed by atoms with E-state index in [1.54, 1.807) is 36.4 Å². The number of hydrogen-bond acceptors (Lipinski definition) is 6. The van der Waals surface area contributed by atoms with Gasteiger partial charge in [-0.2, -0.15) is 4.98 Å². The van der Waals surface area contributed by atoms with Crippen molar-refractivity contribution in [2.24, 2.45) is 0 Å². The second-order valence-corrected chi connectivity index (χ2v) is 8.59. The van der Waals surface area contributed by atoms with E-state index in [4.69, 9.17) is 16.3 Å². The zero-order valence-corrected chi connectivity index (χ0v) is 19.9. The molecule has 8 nitrogen and oxygen atoms in total. The molecule has 0 atom stereocenters. The van der Waals surface area contributed by atoms with E-state index in [2.05, 4.69) is 20.2 Å². The second-order valence-electron chi connectivity index (χ2n) is 8.18. The van der Waals surface area contributed by atoms with Crippen LogP contribution in [0.5, 0.6) is 5.75 Å². The highest BCUT2D eigenvalue weighted by Gasteiger charge is 2.21. The molecule has 1 fully saturated rings. The molecule has 1 saturated heterocycles. The summed E-state index contributed by atoms with van der Waals surface area (Å²) < 4.78 is 20.2. The third-order valence-electron chi connectivity index (χ3n) is 5.67. The summed E-state index contributed by atoms with van der Waals surface area (Å²) in [4.78, 5) is 23.7.